The number of aromatic hydroxyl groups is 1. The van der Waals surface area contributed by atoms with Crippen molar-refractivity contribution in [2.75, 3.05) is 26.8 Å². The number of hydrogen-bond donors (Lipinski definition) is 1. The lowest BCUT2D eigenvalue weighted by atomic mass is 9.93. The second-order valence-electron chi connectivity index (χ2n) is 11.3. The lowest BCUT2D eigenvalue weighted by molar-refractivity contribution is 0.174. The van der Waals surface area contributed by atoms with Gasteiger partial charge in [0.2, 0.25) is 0 Å². The second-order valence-corrected chi connectivity index (χ2v) is 11.8. The van der Waals surface area contributed by atoms with Gasteiger partial charge in [0.15, 0.2) is 0 Å². The van der Waals surface area contributed by atoms with Crippen molar-refractivity contribution >= 4 is 29.4 Å². The third-order valence-electron chi connectivity index (χ3n) is 8.36. The average Bonchev–Trinajstić information content (AvgIpc) is 3.37. The molecule has 2 heterocycles. The topological polar surface area (TPSA) is 62.9 Å². The fourth-order valence-corrected chi connectivity index (χ4v) is 6.00. The first kappa shape index (κ1) is 31.6. The zero-order chi connectivity index (χ0) is 30.9. The number of allylic oxidation sites excluding steroid dienone is 4. The summed E-state index contributed by atoms with van der Waals surface area (Å²) in [4.78, 5) is 11.9. The first-order valence-electron chi connectivity index (χ1n) is 15.2. The number of rotatable bonds is 13. The molecule has 230 valence electrons. The van der Waals surface area contributed by atoms with Gasteiger partial charge in [-0.15, -0.1) is 0 Å². The van der Waals surface area contributed by atoms with E-state index in [2.05, 4.69) is 39.4 Å². The van der Waals surface area contributed by atoms with E-state index in [-0.39, 0.29) is 5.82 Å². The zero-order valence-corrected chi connectivity index (χ0v) is 26.0. The summed E-state index contributed by atoms with van der Waals surface area (Å²) < 4.78 is 21.8. The van der Waals surface area contributed by atoms with Crippen molar-refractivity contribution in [2.24, 2.45) is 10.9 Å². The SMILES string of the molecule is C=N/C(=C\C=C/Cc1ccc(Cl)cc1F)C1CCN(Cc2nc3cc(CCc4ccc(O)cc4)ccc3n2CCOC)CC1. The molecule has 0 aliphatic carbocycles. The second kappa shape index (κ2) is 15.3. The minimum absolute atomic E-state index is 0.289. The number of piperidine rings is 1. The van der Waals surface area contributed by atoms with E-state index in [4.69, 9.17) is 21.3 Å². The van der Waals surface area contributed by atoms with Gasteiger partial charge in [-0.1, -0.05) is 48.0 Å². The number of imidazole rings is 1. The third kappa shape index (κ3) is 8.23. The summed E-state index contributed by atoms with van der Waals surface area (Å²) in [6.45, 7) is 7.87. The maximum absolute atomic E-state index is 14.1. The van der Waals surface area contributed by atoms with Gasteiger partial charge < -0.3 is 14.4 Å². The summed E-state index contributed by atoms with van der Waals surface area (Å²) in [7, 11) is 1.73. The Morgan fingerprint density at radius 1 is 1.09 bits per heavy atom. The summed E-state index contributed by atoms with van der Waals surface area (Å²) in [5, 5.41) is 9.96. The first-order valence-corrected chi connectivity index (χ1v) is 15.6. The van der Waals surface area contributed by atoms with Gasteiger partial charge >= 0.3 is 0 Å². The van der Waals surface area contributed by atoms with E-state index >= 15 is 0 Å². The smallest absolute Gasteiger partial charge is 0.128 e. The molecule has 0 saturated carbocycles. The lowest BCUT2D eigenvalue weighted by Crippen LogP contribution is -2.34. The van der Waals surface area contributed by atoms with E-state index in [0.717, 1.165) is 74.4 Å². The van der Waals surface area contributed by atoms with Crippen LogP contribution in [0.1, 0.15) is 35.4 Å². The van der Waals surface area contributed by atoms with Crippen molar-refractivity contribution in [1.82, 2.24) is 14.5 Å². The van der Waals surface area contributed by atoms with Gasteiger partial charge in [-0.3, -0.25) is 9.89 Å². The Bertz CT molecular complexity index is 1620. The van der Waals surface area contributed by atoms with Crippen LogP contribution in [0.2, 0.25) is 5.02 Å². The Labute approximate surface area is 264 Å². The Morgan fingerprint density at radius 3 is 2.57 bits per heavy atom. The molecular formula is C36H40ClFN4O2. The fourth-order valence-electron chi connectivity index (χ4n) is 5.84. The van der Waals surface area contributed by atoms with E-state index in [1.165, 1.54) is 17.2 Å². The molecule has 1 aliphatic heterocycles. The number of aromatic nitrogens is 2. The van der Waals surface area contributed by atoms with E-state index in [0.29, 0.717) is 35.3 Å². The molecule has 1 fully saturated rings. The maximum Gasteiger partial charge on any atom is 0.128 e. The number of aliphatic imine (C=N–C) groups is 1. The summed E-state index contributed by atoms with van der Waals surface area (Å²) in [6, 6.07) is 18.8. The van der Waals surface area contributed by atoms with E-state index in [1.807, 2.05) is 30.4 Å². The monoisotopic (exact) mass is 614 g/mol. The maximum atomic E-state index is 14.1. The van der Waals surface area contributed by atoms with Gasteiger partial charge in [-0.2, -0.15) is 0 Å². The van der Waals surface area contributed by atoms with Gasteiger partial charge in [0.05, 0.1) is 24.2 Å². The van der Waals surface area contributed by atoms with Gasteiger partial charge in [0.1, 0.15) is 17.4 Å². The molecule has 1 N–H and O–H groups in total. The van der Waals surface area contributed by atoms with E-state index in [1.54, 1.807) is 31.4 Å². The van der Waals surface area contributed by atoms with Crippen LogP contribution >= 0.6 is 11.6 Å². The molecular weight excluding hydrogens is 575 g/mol. The number of aryl methyl sites for hydroxylation is 2. The molecule has 0 bridgehead atoms. The van der Waals surface area contributed by atoms with Crippen molar-refractivity contribution in [3.63, 3.8) is 0 Å². The van der Waals surface area contributed by atoms with Crippen molar-refractivity contribution in [2.45, 2.75) is 45.2 Å². The van der Waals surface area contributed by atoms with Crippen molar-refractivity contribution < 1.29 is 14.2 Å². The van der Waals surface area contributed by atoms with Crippen LogP contribution in [0.3, 0.4) is 0 Å². The number of likely N-dealkylation sites (tertiary alicyclic amines) is 1. The Hall–Kier alpha value is -3.78. The standard InChI is InChI=1S/C36H40ClFN4O2/c1-39-33(6-4-3-5-28-12-13-30(37)24-32(28)38)29-17-19-41(20-18-29)25-36-40-34-23-27(8-7-26-9-14-31(43)15-10-26)11-16-35(34)42(36)21-22-44-2/h3-4,6,9-16,23-24,29,43H,1,5,7-8,17-22,25H2,2H3/b4-3-,33-6-. The molecule has 0 atom stereocenters. The number of halogens is 2. The number of nitrogens with zero attached hydrogens (tertiary/aromatic N) is 4. The number of benzene rings is 3. The molecule has 8 heteroatoms. The molecule has 0 unspecified atom stereocenters. The summed E-state index contributed by atoms with van der Waals surface area (Å²) in [6.07, 6.45) is 10.2. The van der Waals surface area contributed by atoms with Crippen molar-refractivity contribution in [3.8, 4) is 5.75 Å². The molecule has 0 amide bonds. The molecule has 1 aromatic heterocycles. The van der Waals surface area contributed by atoms with Crippen molar-refractivity contribution in [3.05, 3.63) is 118 Å². The number of phenolic OH excluding ortho intramolecular Hbond substituents is 1. The summed E-state index contributed by atoms with van der Waals surface area (Å²) in [5.41, 5.74) is 6.18. The van der Waals surface area contributed by atoms with E-state index in [9.17, 15) is 9.50 Å². The van der Waals surface area contributed by atoms with Crippen LogP contribution < -0.4 is 0 Å². The number of phenols is 1. The normalized spacial score (nSPS) is 15.0. The molecule has 4 aromatic rings. The molecule has 3 aromatic carbocycles. The average molecular weight is 615 g/mol. The van der Waals surface area contributed by atoms with E-state index < -0.39 is 0 Å². The van der Waals surface area contributed by atoms with Crippen LogP contribution in [0.25, 0.3) is 11.0 Å². The largest absolute Gasteiger partial charge is 0.508 e. The molecule has 44 heavy (non-hydrogen) atoms. The molecule has 6 nitrogen and oxygen atoms in total. The fraction of sp³-hybridized carbons (Fsp3) is 0.333. The quantitative estimate of drug-likeness (QED) is 0.125. The minimum Gasteiger partial charge on any atom is -0.508 e. The van der Waals surface area contributed by atoms with Crippen LogP contribution in [0.5, 0.6) is 5.75 Å². The molecule has 0 radical (unpaired) electrons. The Morgan fingerprint density at radius 2 is 1.84 bits per heavy atom. The van der Waals surface area contributed by atoms with Crippen LogP contribution in [0, 0.1) is 11.7 Å². The molecule has 0 spiro atoms. The Kier molecular flexibility index (Phi) is 11.0. The van der Waals surface area contributed by atoms with Crippen molar-refractivity contribution in [1.29, 1.82) is 0 Å². The van der Waals surface area contributed by atoms with Crippen LogP contribution in [0.4, 0.5) is 4.39 Å². The molecule has 1 saturated heterocycles. The number of hydrogen-bond acceptors (Lipinski definition) is 5. The highest BCUT2D eigenvalue weighted by Crippen LogP contribution is 2.28. The Balaban J connectivity index is 1.20. The van der Waals surface area contributed by atoms with Gasteiger partial charge in [0.25, 0.3) is 0 Å². The molecule has 5 rings (SSSR count). The van der Waals surface area contributed by atoms with Gasteiger partial charge in [-0.25, -0.2) is 9.37 Å². The highest BCUT2D eigenvalue weighted by molar-refractivity contribution is 6.30. The van der Waals surface area contributed by atoms with Crippen LogP contribution in [0.15, 0.2) is 89.6 Å². The number of ether oxygens (including phenoxy) is 1. The first-order chi connectivity index (χ1) is 21.4. The predicted octanol–water partition coefficient (Wildman–Crippen LogP) is 7.56. The van der Waals surface area contributed by atoms with Crippen LogP contribution in [-0.2, 0) is 37.1 Å². The number of methoxy groups -OCH3 is 1. The highest BCUT2D eigenvalue weighted by atomic mass is 35.5. The molecule has 1 aliphatic rings. The highest BCUT2D eigenvalue weighted by Gasteiger charge is 2.23. The van der Waals surface area contributed by atoms with Gasteiger partial charge in [0, 0.05) is 30.3 Å². The lowest BCUT2D eigenvalue weighted by Gasteiger charge is -2.31. The minimum atomic E-state index is -0.289. The van der Waals surface area contributed by atoms with Gasteiger partial charge in [-0.05, 0) is 111 Å². The summed E-state index contributed by atoms with van der Waals surface area (Å²) >= 11 is 5.86. The predicted molar refractivity (Wildman–Crippen MR) is 177 cm³/mol. The number of fused-ring (bicyclic) bond motifs is 1. The summed E-state index contributed by atoms with van der Waals surface area (Å²) in [5.74, 6) is 1.40. The van der Waals surface area contributed by atoms with Crippen LogP contribution in [-0.4, -0.2) is 53.1 Å². The third-order valence-corrected chi connectivity index (χ3v) is 8.59. The zero-order valence-electron chi connectivity index (χ0n) is 25.3.